The van der Waals surface area contributed by atoms with E-state index in [9.17, 15) is 9.90 Å². The third-order valence-electron chi connectivity index (χ3n) is 5.19. The second kappa shape index (κ2) is 6.53. The molecule has 1 aromatic carbocycles. The van der Waals surface area contributed by atoms with Crippen molar-refractivity contribution in [3.05, 3.63) is 42.2 Å². The SMILES string of the molecule is O=C(CCn1cnnn1)N1C[C@@H](O)[C@@]2(C[C@@H](c3ccccc3)CO2)C1. The van der Waals surface area contributed by atoms with Gasteiger partial charge in [-0.2, -0.15) is 0 Å². The normalized spacial score (nSPS) is 28.8. The maximum absolute atomic E-state index is 12.5. The molecule has 25 heavy (non-hydrogen) atoms. The first-order valence-corrected chi connectivity index (χ1v) is 8.52. The Labute approximate surface area is 145 Å². The highest BCUT2D eigenvalue weighted by Crippen LogP contribution is 2.42. The molecule has 8 heteroatoms. The summed E-state index contributed by atoms with van der Waals surface area (Å²) in [6.07, 6.45) is 1.86. The monoisotopic (exact) mass is 343 g/mol. The quantitative estimate of drug-likeness (QED) is 0.853. The molecule has 0 bridgehead atoms. The number of β-amino-alcohol motifs (C(OH)–C–C–N with tert-alkyl or cyclic N) is 1. The van der Waals surface area contributed by atoms with Crippen molar-refractivity contribution in [2.45, 2.75) is 37.0 Å². The third kappa shape index (κ3) is 3.14. The highest BCUT2D eigenvalue weighted by atomic mass is 16.5. The molecule has 2 saturated heterocycles. The molecular weight excluding hydrogens is 322 g/mol. The lowest BCUT2D eigenvalue weighted by Gasteiger charge is -2.26. The minimum absolute atomic E-state index is 0.0156. The van der Waals surface area contributed by atoms with Crippen LogP contribution >= 0.6 is 0 Å². The van der Waals surface area contributed by atoms with Gasteiger partial charge in [-0.25, -0.2) is 4.68 Å². The molecule has 1 N–H and O–H groups in total. The first kappa shape index (κ1) is 16.2. The van der Waals surface area contributed by atoms with E-state index in [0.717, 1.165) is 6.42 Å². The number of aryl methyl sites for hydroxylation is 1. The van der Waals surface area contributed by atoms with Gasteiger partial charge in [0.15, 0.2) is 0 Å². The fourth-order valence-electron chi connectivity index (χ4n) is 3.79. The molecule has 0 aliphatic carbocycles. The van der Waals surface area contributed by atoms with Gasteiger partial charge in [0.2, 0.25) is 5.91 Å². The van der Waals surface area contributed by atoms with Crippen molar-refractivity contribution >= 4 is 5.91 Å². The summed E-state index contributed by atoms with van der Waals surface area (Å²) in [6, 6.07) is 10.2. The predicted octanol–water partition coefficient (Wildman–Crippen LogP) is 0.209. The van der Waals surface area contributed by atoms with E-state index in [0.29, 0.717) is 32.7 Å². The average molecular weight is 343 g/mol. The number of tetrazole rings is 1. The van der Waals surface area contributed by atoms with Crippen LogP contribution in [-0.4, -0.2) is 67.5 Å². The Morgan fingerprint density at radius 1 is 1.36 bits per heavy atom. The largest absolute Gasteiger partial charge is 0.388 e. The Bertz CT molecular complexity index is 723. The summed E-state index contributed by atoms with van der Waals surface area (Å²) in [6.45, 7) is 1.76. The molecule has 2 fully saturated rings. The number of amides is 1. The van der Waals surface area contributed by atoms with Crippen molar-refractivity contribution in [2.24, 2.45) is 0 Å². The highest BCUT2D eigenvalue weighted by Gasteiger charge is 2.53. The predicted molar refractivity (Wildman–Crippen MR) is 87.5 cm³/mol. The van der Waals surface area contributed by atoms with Crippen molar-refractivity contribution in [3.63, 3.8) is 0 Å². The number of aliphatic hydroxyl groups is 1. The second-order valence-electron chi connectivity index (χ2n) is 6.80. The Morgan fingerprint density at radius 3 is 2.96 bits per heavy atom. The van der Waals surface area contributed by atoms with Crippen LogP contribution < -0.4 is 0 Å². The van der Waals surface area contributed by atoms with Crippen molar-refractivity contribution in [3.8, 4) is 0 Å². The summed E-state index contributed by atoms with van der Waals surface area (Å²) in [5.74, 6) is 0.241. The van der Waals surface area contributed by atoms with Gasteiger partial charge >= 0.3 is 0 Å². The molecule has 3 heterocycles. The maximum atomic E-state index is 12.5. The van der Waals surface area contributed by atoms with E-state index in [1.807, 2.05) is 18.2 Å². The highest BCUT2D eigenvalue weighted by molar-refractivity contribution is 5.76. The number of aromatic nitrogens is 4. The Morgan fingerprint density at radius 2 is 2.20 bits per heavy atom. The summed E-state index contributed by atoms with van der Waals surface area (Å²) >= 11 is 0. The van der Waals surface area contributed by atoms with Crippen LogP contribution in [0.25, 0.3) is 0 Å². The molecule has 3 atom stereocenters. The van der Waals surface area contributed by atoms with Crippen LogP contribution in [0.3, 0.4) is 0 Å². The molecule has 0 radical (unpaired) electrons. The number of hydrogen-bond acceptors (Lipinski definition) is 6. The smallest absolute Gasteiger partial charge is 0.224 e. The van der Waals surface area contributed by atoms with Crippen molar-refractivity contribution in [2.75, 3.05) is 19.7 Å². The number of carbonyl (C=O) groups is 1. The van der Waals surface area contributed by atoms with Gasteiger partial charge in [-0.1, -0.05) is 30.3 Å². The van der Waals surface area contributed by atoms with Crippen molar-refractivity contribution in [1.82, 2.24) is 25.1 Å². The van der Waals surface area contributed by atoms with Crippen LogP contribution in [0, 0.1) is 0 Å². The van der Waals surface area contributed by atoms with E-state index >= 15 is 0 Å². The number of likely N-dealkylation sites (tertiary alicyclic amines) is 1. The molecule has 2 aliphatic rings. The van der Waals surface area contributed by atoms with Gasteiger partial charge in [-0.15, -0.1) is 5.10 Å². The summed E-state index contributed by atoms with van der Waals surface area (Å²) in [5.41, 5.74) is 0.570. The summed E-state index contributed by atoms with van der Waals surface area (Å²) in [7, 11) is 0. The minimum atomic E-state index is -0.654. The van der Waals surface area contributed by atoms with Gasteiger partial charge in [0.05, 0.1) is 19.7 Å². The van der Waals surface area contributed by atoms with Gasteiger partial charge in [-0.05, 0) is 22.4 Å². The topological polar surface area (TPSA) is 93.4 Å². The van der Waals surface area contributed by atoms with Gasteiger partial charge in [0, 0.05) is 18.9 Å². The minimum Gasteiger partial charge on any atom is -0.388 e. The molecule has 2 aliphatic heterocycles. The number of benzene rings is 1. The number of nitrogens with zero attached hydrogens (tertiary/aromatic N) is 5. The van der Waals surface area contributed by atoms with E-state index in [2.05, 4.69) is 27.7 Å². The molecular formula is C17H21N5O3. The van der Waals surface area contributed by atoms with Gasteiger partial charge in [0.1, 0.15) is 18.0 Å². The lowest BCUT2D eigenvalue weighted by Crippen LogP contribution is -2.41. The standard InChI is InChI=1S/C17H21N5O3/c23-15-9-21(16(24)6-7-22-12-18-19-20-22)11-17(15)8-14(10-25-17)13-4-2-1-3-5-13/h1-5,12,14-15,23H,6-11H2/t14-,15-,17-/m1/s1. The summed E-state index contributed by atoms with van der Waals surface area (Å²) in [5, 5.41) is 21.4. The number of carbonyl (C=O) groups excluding carboxylic acids is 1. The first-order chi connectivity index (χ1) is 12.2. The van der Waals surface area contributed by atoms with Crippen LogP contribution in [0.1, 0.15) is 24.3 Å². The lowest BCUT2D eigenvalue weighted by molar-refractivity contribution is -0.131. The Balaban J connectivity index is 1.38. The summed E-state index contributed by atoms with van der Waals surface area (Å²) < 4.78 is 7.56. The van der Waals surface area contributed by atoms with Gasteiger partial charge in [-0.3, -0.25) is 4.79 Å². The van der Waals surface area contributed by atoms with Crippen LogP contribution in [0.2, 0.25) is 0 Å². The molecule has 1 aromatic heterocycles. The zero-order valence-corrected chi connectivity index (χ0v) is 13.9. The Kier molecular flexibility index (Phi) is 4.22. The zero-order chi connectivity index (χ0) is 17.3. The Hall–Kier alpha value is -2.32. The number of rotatable bonds is 4. The number of aliphatic hydroxyl groups excluding tert-OH is 1. The van der Waals surface area contributed by atoms with E-state index in [1.54, 1.807) is 4.90 Å². The lowest BCUT2D eigenvalue weighted by atomic mass is 9.87. The van der Waals surface area contributed by atoms with Crippen LogP contribution in [-0.2, 0) is 16.1 Å². The van der Waals surface area contributed by atoms with Crippen molar-refractivity contribution < 1.29 is 14.6 Å². The molecule has 1 amide bonds. The molecule has 0 saturated carbocycles. The zero-order valence-electron chi connectivity index (χ0n) is 13.9. The average Bonchev–Trinajstić information content (AvgIpc) is 3.36. The first-order valence-electron chi connectivity index (χ1n) is 8.52. The molecule has 1 spiro atoms. The molecule has 8 nitrogen and oxygen atoms in total. The van der Waals surface area contributed by atoms with E-state index < -0.39 is 11.7 Å². The number of ether oxygens (including phenoxy) is 1. The van der Waals surface area contributed by atoms with Gasteiger partial charge < -0.3 is 14.7 Å². The van der Waals surface area contributed by atoms with E-state index in [-0.39, 0.29) is 11.8 Å². The molecule has 2 aromatic rings. The van der Waals surface area contributed by atoms with Crippen LogP contribution in [0.5, 0.6) is 0 Å². The molecule has 132 valence electrons. The summed E-state index contributed by atoms with van der Waals surface area (Å²) in [4.78, 5) is 14.2. The van der Waals surface area contributed by atoms with Crippen LogP contribution in [0.4, 0.5) is 0 Å². The number of hydrogen-bond donors (Lipinski definition) is 1. The fraction of sp³-hybridized carbons (Fsp3) is 0.529. The second-order valence-corrected chi connectivity index (χ2v) is 6.80. The van der Waals surface area contributed by atoms with Crippen LogP contribution in [0.15, 0.2) is 36.7 Å². The molecule has 4 rings (SSSR count). The van der Waals surface area contributed by atoms with Gasteiger partial charge in [0.25, 0.3) is 0 Å². The molecule has 0 unspecified atom stereocenters. The van der Waals surface area contributed by atoms with E-state index in [4.69, 9.17) is 4.74 Å². The van der Waals surface area contributed by atoms with Crippen molar-refractivity contribution in [1.29, 1.82) is 0 Å². The fourth-order valence-corrected chi connectivity index (χ4v) is 3.79. The van der Waals surface area contributed by atoms with E-state index in [1.165, 1.54) is 16.6 Å². The maximum Gasteiger partial charge on any atom is 0.224 e. The third-order valence-corrected chi connectivity index (χ3v) is 5.19.